The molecule has 1 aromatic carbocycles. The van der Waals surface area contributed by atoms with Crippen LogP contribution in [-0.2, 0) is 13.0 Å². The Bertz CT molecular complexity index is 1020. The van der Waals surface area contributed by atoms with Crippen molar-refractivity contribution < 1.29 is 4.79 Å². The number of amides is 1. The van der Waals surface area contributed by atoms with E-state index in [4.69, 9.17) is 11.6 Å². The molecule has 3 heterocycles. The first kappa shape index (κ1) is 16.4. The third-order valence-corrected chi connectivity index (χ3v) is 4.60. The van der Waals surface area contributed by atoms with Crippen molar-refractivity contribution in [2.45, 2.75) is 13.0 Å². The maximum Gasteiger partial charge on any atom is 0.254 e. The van der Waals surface area contributed by atoms with Crippen molar-refractivity contribution in [2.75, 3.05) is 6.54 Å². The average molecular weight is 363 g/mol. The number of H-pyrrole nitrogens is 1. The summed E-state index contributed by atoms with van der Waals surface area (Å²) in [5, 5.41) is 0.512. The van der Waals surface area contributed by atoms with Crippen LogP contribution >= 0.6 is 11.6 Å². The van der Waals surface area contributed by atoms with Crippen LogP contribution in [0, 0.1) is 11.8 Å². The van der Waals surface area contributed by atoms with Crippen molar-refractivity contribution in [1.29, 1.82) is 0 Å². The van der Waals surface area contributed by atoms with Crippen molar-refractivity contribution in [3.05, 3.63) is 82.2 Å². The number of nitrogens with one attached hydrogen (secondary N) is 1. The molecule has 4 rings (SSSR count). The average Bonchev–Trinajstić information content (AvgIpc) is 3.15. The number of halogens is 1. The fourth-order valence-electron chi connectivity index (χ4n) is 2.89. The van der Waals surface area contributed by atoms with Gasteiger partial charge >= 0.3 is 0 Å². The van der Waals surface area contributed by atoms with E-state index < -0.39 is 0 Å². The minimum absolute atomic E-state index is 0.0452. The quantitative estimate of drug-likeness (QED) is 0.677. The van der Waals surface area contributed by atoms with Crippen LogP contribution in [0.25, 0.3) is 0 Å². The van der Waals surface area contributed by atoms with Crippen LogP contribution in [0.3, 0.4) is 0 Å². The lowest BCUT2D eigenvalue weighted by Gasteiger charge is -2.26. The number of aromatic amines is 1. The van der Waals surface area contributed by atoms with Gasteiger partial charge in [0.15, 0.2) is 0 Å². The molecule has 0 saturated carbocycles. The van der Waals surface area contributed by atoms with Crippen molar-refractivity contribution in [1.82, 2.24) is 19.9 Å². The summed E-state index contributed by atoms with van der Waals surface area (Å²) < 4.78 is 0. The maximum absolute atomic E-state index is 12.9. The van der Waals surface area contributed by atoms with E-state index in [0.29, 0.717) is 34.9 Å². The minimum Gasteiger partial charge on any atom is -0.348 e. The fraction of sp³-hybridized carbons (Fsp3) is 0.150. The first-order valence-corrected chi connectivity index (χ1v) is 8.61. The van der Waals surface area contributed by atoms with Gasteiger partial charge in [-0.15, -0.1) is 0 Å². The van der Waals surface area contributed by atoms with Gasteiger partial charge in [-0.25, -0.2) is 9.97 Å². The molecular formula is C20H15ClN4O. The second-order valence-corrected chi connectivity index (χ2v) is 6.37. The zero-order chi connectivity index (χ0) is 17.9. The third-order valence-electron chi connectivity index (χ3n) is 4.27. The van der Waals surface area contributed by atoms with Gasteiger partial charge in [0, 0.05) is 36.0 Å². The number of aromatic nitrogens is 3. The van der Waals surface area contributed by atoms with Gasteiger partial charge in [-0.2, -0.15) is 0 Å². The summed E-state index contributed by atoms with van der Waals surface area (Å²) in [5.41, 5.74) is 3.86. The second-order valence-electron chi connectivity index (χ2n) is 5.96. The second kappa shape index (κ2) is 7.03. The summed E-state index contributed by atoms with van der Waals surface area (Å²) in [6.07, 6.45) is 4.14. The van der Waals surface area contributed by atoms with E-state index in [2.05, 4.69) is 26.8 Å². The van der Waals surface area contributed by atoms with Gasteiger partial charge in [-0.05, 0) is 36.3 Å². The van der Waals surface area contributed by atoms with E-state index in [1.54, 1.807) is 35.6 Å². The maximum atomic E-state index is 12.9. The monoisotopic (exact) mass is 362 g/mol. The Hall–Kier alpha value is -3.10. The molecule has 2 aromatic heterocycles. The molecule has 0 spiro atoms. The van der Waals surface area contributed by atoms with Gasteiger partial charge in [0.05, 0.1) is 23.6 Å². The van der Waals surface area contributed by atoms with Gasteiger partial charge in [0.1, 0.15) is 5.69 Å². The molecular weight excluding hydrogens is 348 g/mol. The number of nitrogens with zero attached hydrogens (tertiary/aromatic N) is 3. The predicted molar refractivity (Wildman–Crippen MR) is 98.7 cm³/mol. The highest BCUT2D eigenvalue weighted by Gasteiger charge is 2.23. The number of pyridine rings is 1. The smallest absolute Gasteiger partial charge is 0.254 e. The van der Waals surface area contributed by atoms with E-state index in [1.807, 2.05) is 18.2 Å². The van der Waals surface area contributed by atoms with E-state index in [0.717, 1.165) is 17.8 Å². The van der Waals surface area contributed by atoms with Crippen LogP contribution in [0.5, 0.6) is 0 Å². The van der Waals surface area contributed by atoms with Crippen LogP contribution in [0.1, 0.15) is 33.0 Å². The number of hydrogen-bond donors (Lipinski definition) is 1. The molecule has 1 aliphatic rings. The van der Waals surface area contributed by atoms with E-state index >= 15 is 0 Å². The number of carbonyl (C=O) groups is 1. The molecule has 6 heteroatoms. The molecule has 0 unspecified atom stereocenters. The summed E-state index contributed by atoms with van der Waals surface area (Å²) in [4.78, 5) is 26.2. The molecule has 1 aliphatic heterocycles. The molecule has 0 aliphatic carbocycles. The molecule has 0 bridgehead atoms. The Balaban J connectivity index is 1.58. The topological polar surface area (TPSA) is 61.9 Å². The van der Waals surface area contributed by atoms with Crippen LogP contribution in [0.2, 0.25) is 5.02 Å². The van der Waals surface area contributed by atoms with Gasteiger partial charge in [-0.1, -0.05) is 23.6 Å². The molecule has 0 atom stereocenters. The summed E-state index contributed by atoms with van der Waals surface area (Å²) in [5.74, 6) is 5.93. The molecule has 26 heavy (non-hydrogen) atoms. The number of imidazole rings is 1. The lowest BCUT2D eigenvalue weighted by Crippen LogP contribution is -2.36. The van der Waals surface area contributed by atoms with E-state index in [9.17, 15) is 4.79 Å². The first-order valence-electron chi connectivity index (χ1n) is 8.24. The number of rotatable bonds is 1. The molecule has 128 valence electrons. The van der Waals surface area contributed by atoms with E-state index in [1.165, 1.54) is 0 Å². The Morgan fingerprint density at radius 2 is 2.12 bits per heavy atom. The van der Waals surface area contributed by atoms with Gasteiger partial charge < -0.3 is 9.88 Å². The number of benzene rings is 1. The third kappa shape index (κ3) is 3.32. The first-order chi connectivity index (χ1) is 12.7. The SMILES string of the molecule is O=C(c1ccc(Cl)c(C#Cc2ccccn2)c1)N1CCc2[nH]cnc2C1. The molecule has 0 saturated heterocycles. The van der Waals surface area contributed by atoms with Crippen molar-refractivity contribution in [2.24, 2.45) is 0 Å². The summed E-state index contributed by atoms with van der Waals surface area (Å²) in [6.45, 7) is 1.17. The summed E-state index contributed by atoms with van der Waals surface area (Å²) in [6, 6.07) is 10.7. The molecule has 5 nitrogen and oxygen atoms in total. The van der Waals surface area contributed by atoms with Crippen molar-refractivity contribution >= 4 is 17.5 Å². The highest BCUT2D eigenvalue weighted by Crippen LogP contribution is 2.21. The van der Waals surface area contributed by atoms with Crippen LogP contribution in [-0.4, -0.2) is 32.3 Å². The molecule has 3 aromatic rings. The Kier molecular flexibility index (Phi) is 4.42. The van der Waals surface area contributed by atoms with Crippen LogP contribution in [0.15, 0.2) is 48.9 Å². The number of fused-ring (bicyclic) bond motifs is 1. The lowest BCUT2D eigenvalue weighted by molar-refractivity contribution is 0.0732. The standard InChI is InChI=1S/C20H15ClN4O/c21-17-7-5-15(11-14(17)4-6-16-3-1-2-9-22-16)20(26)25-10-8-18-19(12-25)24-13-23-18/h1-3,5,7,9,11,13H,8,10,12H2,(H,23,24). The van der Waals surface area contributed by atoms with Gasteiger partial charge in [0.2, 0.25) is 0 Å². The molecule has 1 N–H and O–H groups in total. The summed E-state index contributed by atoms with van der Waals surface area (Å²) in [7, 11) is 0. The zero-order valence-corrected chi connectivity index (χ0v) is 14.6. The molecule has 1 amide bonds. The molecule has 0 fully saturated rings. The lowest BCUT2D eigenvalue weighted by atomic mass is 10.1. The number of carbonyl (C=O) groups excluding carboxylic acids is 1. The molecule has 0 radical (unpaired) electrons. The van der Waals surface area contributed by atoms with Crippen LogP contribution in [0.4, 0.5) is 0 Å². The van der Waals surface area contributed by atoms with Gasteiger partial charge in [0.25, 0.3) is 5.91 Å². The predicted octanol–water partition coefficient (Wildman–Crippen LogP) is 3.06. The Labute approximate surface area is 156 Å². The van der Waals surface area contributed by atoms with Crippen LogP contribution < -0.4 is 0 Å². The van der Waals surface area contributed by atoms with E-state index in [-0.39, 0.29) is 5.91 Å². The Morgan fingerprint density at radius 3 is 2.96 bits per heavy atom. The highest BCUT2D eigenvalue weighted by molar-refractivity contribution is 6.31. The largest absolute Gasteiger partial charge is 0.348 e. The minimum atomic E-state index is -0.0452. The number of hydrogen-bond acceptors (Lipinski definition) is 3. The highest BCUT2D eigenvalue weighted by atomic mass is 35.5. The fourth-order valence-corrected chi connectivity index (χ4v) is 3.05. The van der Waals surface area contributed by atoms with Crippen molar-refractivity contribution in [3.8, 4) is 11.8 Å². The zero-order valence-electron chi connectivity index (χ0n) is 13.9. The normalized spacial score (nSPS) is 12.9. The van der Waals surface area contributed by atoms with Gasteiger partial charge in [-0.3, -0.25) is 4.79 Å². The Morgan fingerprint density at radius 1 is 1.19 bits per heavy atom. The van der Waals surface area contributed by atoms with Crippen molar-refractivity contribution in [3.63, 3.8) is 0 Å². The summed E-state index contributed by atoms with van der Waals surface area (Å²) >= 11 is 6.24.